The summed E-state index contributed by atoms with van der Waals surface area (Å²) < 4.78 is 0. The van der Waals surface area contributed by atoms with E-state index in [4.69, 9.17) is 0 Å². The zero-order valence-corrected chi connectivity index (χ0v) is 10.4. The number of hydrogen-bond acceptors (Lipinski definition) is 4. The van der Waals surface area contributed by atoms with Gasteiger partial charge in [0.2, 0.25) is 0 Å². The summed E-state index contributed by atoms with van der Waals surface area (Å²) in [5.41, 5.74) is 2.01. The van der Waals surface area contributed by atoms with E-state index in [-0.39, 0.29) is 22.6 Å². The van der Waals surface area contributed by atoms with Gasteiger partial charge < -0.3 is 10.2 Å². The van der Waals surface area contributed by atoms with Crippen molar-refractivity contribution in [3.05, 3.63) is 46.1 Å². The van der Waals surface area contributed by atoms with Crippen LogP contribution in [0.3, 0.4) is 0 Å². The van der Waals surface area contributed by atoms with Gasteiger partial charge in [-0.3, -0.25) is 9.59 Å². The third-order valence-corrected chi connectivity index (χ3v) is 3.65. The van der Waals surface area contributed by atoms with Crippen LogP contribution in [0, 0.1) is 0 Å². The molecule has 0 spiro atoms. The molecule has 0 aromatic heterocycles. The van der Waals surface area contributed by atoms with Gasteiger partial charge in [-0.05, 0) is 31.9 Å². The molecule has 0 bridgehead atoms. The van der Waals surface area contributed by atoms with Crippen molar-refractivity contribution in [2.45, 2.75) is 19.8 Å². The van der Waals surface area contributed by atoms with Crippen molar-refractivity contribution >= 4 is 11.6 Å². The standard InChI is InChI=1S/C15H12O4/c1-7-2-3-8-9(6-7)15(19)13-11(17)5-4-10(16)12(13)14(8)18/h2,4-5,18-19H,3,6H2,1H3. The lowest BCUT2D eigenvalue weighted by Gasteiger charge is -2.22. The zero-order chi connectivity index (χ0) is 13.7. The Bertz CT molecular complexity index is 693. The maximum atomic E-state index is 11.8. The minimum absolute atomic E-state index is 0.0709. The van der Waals surface area contributed by atoms with Crippen LogP contribution in [0.5, 0.6) is 11.5 Å². The van der Waals surface area contributed by atoms with Crippen LogP contribution in [0.1, 0.15) is 38.8 Å². The van der Waals surface area contributed by atoms with E-state index >= 15 is 0 Å². The number of rotatable bonds is 0. The Hall–Kier alpha value is -2.36. The Morgan fingerprint density at radius 3 is 2.05 bits per heavy atom. The normalized spacial score (nSPS) is 17.0. The molecule has 0 aliphatic heterocycles. The van der Waals surface area contributed by atoms with E-state index in [2.05, 4.69) is 0 Å². The van der Waals surface area contributed by atoms with Crippen molar-refractivity contribution in [2.75, 3.05) is 0 Å². The number of phenolic OH excluding ortho intramolecular Hbond substituents is 2. The lowest BCUT2D eigenvalue weighted by molar-refractivity contribution is 0.0989. The highest BCUT2D eigenvalue weighted by Gasteiger charge is 2.32. The molecule has 0 heterocycles. The van der Waals surface area contributed by atoms with Crippen molar-refractivity contribution in [2.24, 2.45) is 0 Å². The first-order valence-corrected chi connectivity index (χ1v) is 6.02. The van der Waals surface area contributed by atoms with E-state index < -0.39 is 11.6 Å². The zero-order valence-electron chi connectivity index (χ0n) is 10.4. The van der Waals surface area contributed by atoms with Gasteiger partial charge in [-0.2, -0.15) is 0 Å². The highest BCUT2D eigenvalue weighted by molar-refractivity contribution is 6.24. The van der Waals surface area contributed by atoms with Gasteiger partial charge in [-0.15, -0.1) is 0 Å². The fraction of sp³-hybridized carbons (Fsp3) is 0.200. The quantitative estimate of drug-likeness (QED) is 0.550. The summed E-state index contributed by atoms with van der Waals surface area (Å²) in [4.78, 5) is 23.7. The largest absolute Gasteiger partial charge is 0.507 e. The number of hydrogen-bond donors (Lipinski definition) is 2. The molecule has 0 radical (unpaired) electrons. The van der Waals surface area contributed by atoms with Crippen molar-refractivity contribution in [1.82, 2.24) is 0 Å². The van der Waals surface area contributed by atoms with Crippen LogP contribution in [0.25, 0.3) is 0 Å². The number of aromatic hydroxyl groups is 2. The molecule has 0 saturated heterocycles. The Labute approximate surface area is 109 Å². The SMILES string of the molecule is CC1=CCc2c(O)c3c(c(O)c2C1)C(=O)C=CC3=O. The molecule has 1 aromatic rings. The van der Waals surface area contributed by atoms with Gasteiger partial charge in [0.15, 0.2) is 11.6 Å². The maximum absolute atomic E-state index is 11.8. The Balaban J connectivity index is 2.37. The van der Waals surface area contributed by atoms with Crippen LogP contribution < -0.4 is 0 Å². The molecular weight excluding hydrogens is 244 g/mol. The number of allylic oxidation sites excluding steroid dienone is 4. The van der Waals surface area contributed by atoms with Crippen LogP contribution in [-0.2, 0) is 12.8 Å². The summed E-state index contributed by atoms with van der Waals surface area (Å²) in [6, 6.07) is 0. The number of carbonyl (C=O) groups is 2. The minimum Gasteiger partial charge on any atom is -0.507 e. The molecule has 0 fully saturated rings. The van der Waals surface area contributed by atoms with Gasteiger partial charge in [0.1, 0.15) is 11.5 Å². The van der Waals surface area contributed by atoms with E-state index in [1.807, 2.05) is 13.0 Å². The lowest BCUT2D eigenvalue weighted by Crippen LogP contribution is -2.16. The highest BCUT2D eigenvalue weighted by Crippen LogP contribution is 2.42. The molecule has 3 rings (SSSR count). The number of benzene rings is 1. The van der Waals surface area contributed by atoms with E-state index in [0.29, 0.717) is 24.0 Å². The summed E-state index contributed by atoms with van der Waals surface area (Å²) in [5, 5.41) is 20.5. The highest BCUT2D eigenvalue weighted by atomic mass is 16.3. The molecule has 96 valence electrons. The Morgan fingerprint density at radius 2 is 1.47 bits per heavy atom. The van der Waals surface area contributed by atoms with Gasteiger partial charge in [0.25, 0.3) is 0 Å². The smallest absolute Gasteiger partial charge is 0.190 e. The first-order chi connectivity index (χ1) is 9.00. The van der Waals surface area contributed by atoms with Gasteiger partial charge >= 0.3 is 0 Å². The van der Waals surface area contributed by atoms with Crippen molar-refractivity contribution < 1.29 is 19.8 Å². The van der Waals surface area contributed by atoms with Crippen molar-refractivity contribution in [1.29, 1.82) is 0 Å². The van der Waals surface area contributed by atoms with E-state index in [1.165, 1.54) is 0 Å². The molecule has 0 atom stereocenters. The second-order valence-electron chi connectivity index (χ2n) is 4.90. The third kappa shape index (κ3) is 1.53. The average Bonchev–Trinajstić information content (AvgIpc) is 2.38. The molecule has 2 aliphatic rings. The van der Waals surface area contributed by atoms with Gasteiger partial charge in [0.05, 0.1) is 11.1 Å². The van der Waals surface area contributed by atoms with Crippen LogP contribution >= 0.6 is 0 Å². The van der Waals surface area contributed by atoms with Crippen LogP contribution in [0.15, 0.2) is 23.8 Å². The van der Waals surface area contributed by atoms with Crippen molar-refractivity contribution in [3.63, 3.8) is 0 Å². The Morgan fingerprint density at radius 1 is 0.947 bits per heavy atom. The number of fused-ring (bicyclic) bond motifs is 2. The Kier molecular flexibility index (Phi) is 2.35. The molecule has 0 amide bonds. The summed E-state index contributed by atoms with van der Waals surface area (Å²) in [6.07, 6.45) is 5.13. The predicted octanol–water partition coefficient (Wildman–Crippen LogP) is 2.08. The van der Waals surface area contributed by atoms with E-state index in [0.717, 1.165) is 17.7 Å². The molecular formula is C15H12O4. The van der Waals surface area contributed by atoms with Crippen LogP contribution in [0.4, 0.5) is 0 Å². The summed E-state index contributed by atoms with van der Waals surface area (Å²) in [7, 11) is 0. The molecule has 2 N–H and O–H groups in total. The summed E-state index contributed by atoms with van der Waals surface area (Å²) in [5.74, 6) is -1.24. The number of ketones is 2. The van der Waals surface area contributed by atoms with Gasteiger partial charge in [-0.1, -0.05) is 11.6 Å². The predicted molar refractivity (Wildman–Crippen MR) is 68.7 cm³/mol. The average molecular weight is 256 g/mol. The fourth-order valence-electron chi connectivity index (χ4n) is 2.66. The van der Waals surface area contributed by atoms with Crippen LogP contribution in [-0.4, -0.2) is 21.8 Å². The fourth-order valence-corrected chi connectivity index (χ4v) is 2.66. The minimum atomic E-state index is -0.448. The van der Waals surface area contributed by atoms with E-state index in [9.17, 15) is 19.8 Å². The number of carbonyl (C=O) groups excluding carboxylic acids is 2. The molecule has 1 aromatic carbocycles. The molecule has 4 heteroatoms. The summed E-state index contributed by atoms with van der Waals surface area (Å²) >= 11 is 0. The second-order valence-corrected chi connectivity index (χ2v) is 4.90. The first-order valence-electron chi connectivity index (χ1n) is 6.02. The summed E-state index contributed by atoms with van der Waals surface area (Å²) in [6.45, 7) is 1.92. The first kappa shape index (κ1) is 11.7. The molecule has 4 nitrogen and oxygen atoms in total. The van der Waals surface area contributed by atoms with E-state index in [1.54, 1.807) is 0 Å². The topological polar surface area (TPSA) is 74.6 Å². The molecule has 2 aliphatic carbocycles. The van der Waals surface area contributed by atoms with Gasteiger partial charge in [-0.25, -0.2) is 0 Å². The van der Waals surface area contributed by atoms with Crippen LogP contribution in [0.2, 0.25) is 0 Å². The molecule has 0 unspecified atom stereocenters. The maximum Gasteiger partial charge on any atom is 0.190 e. The molecule has 0 saturated carbocycles. The monoisotopic (exact) mass is 256 g/mol. The number of phenols is 2. The second kappa shape index (κ2) is 3.82. The molecule has 19 heavy (non-hydrogen) atoms. The van der Waals surface area contributed by atoms with Crippen molar-refractivity contribution in [3.8, 4) is 11.5 Å². The lowest BCUT2D eigenvalue weighted by atomic mass is 9.82. The third-order valence-electron chi connectivity index (χ3n) is 3.65. The van der Waals surface area contributed by atoms with Gasteiger partial charge in [0, 0.05) is 11.1 Å².